The molecule has 1 saturated heterocycles. The maximum atomic E-state index is 8.19. The summed E-state index contributed by atoms with van der Waals surface area (Å²) in [4.78, 5) is 4.43. The molecule has 1 aromatic rings. The fourth-order valence-electron chi connectivity index (χ4n) is 2.76. The average molecular weight is 362 g/mol. The van der Waals surface area contributed by atoms with Crippen molar-refractivity contribution in [3.05, 3.63) is 23.8 Å². The molecule has 0 saturated carbocycles. The summed E-state index contributed by atoms with van der Waals surface area (Å²) in [6.45, 7) is 8.74. The van der Waals surface area contributed by atoms with Crippen molar-refractivity contribution >= 4 is 32.9 Å². The molecule has 1 aliphatic heterocycles. The molecule has 0 aliphatic carbocycles. The number of hydrogen-bond donors (Lipinski definition) is 1. The molecular formula is C17H25CoN3S. The number of aryl methyl sites for hydroxylation is 1. The van der Waals surface area contributed by atoms with Gasteiger partial charge in [0.05, 0.1) is 0 Å². The second-order valence-electron chi connectivity index (χ2n) is 5.43. The number of benzene rings is 1. The number of hydrogen-bond acceptors (Lipinski definition) is 3. The van der Waals surface area contributed by atoms with Crippen molar-refractivity contribution in [3.63, 3.8) is 0 Å². The van der Waals surface area contributed by atoms with Gasteiger partial charge in [-0.25, -0.2) is 0 Å². The zero-order valence-electron chi connectivity index (χ0n) is 13.6. The Kier molecular flexibility index (Phi) is 6.53. The number of nitrogens with one attached hydrogen (secondary N) is 1. The Morgan fingerprint density at radius 3 is 2.41 bits per heavy atom. The van der Waals surface area contributed by atoms with E-state index in [0.29, 0.717) is 5.17 Å². The van der Waals surface area contributed by atoms with Gasteiger partial charge in [0.2, 0.25) is 0 Å². The van der Waals surface area contributed by atoms with Gasteiger partial charge in [-0.15, -0.1) is 0 Å². The van der Waals surface area contributed by atoms with Crippen LogP contribution in [0.4, 0.5) is 11.4 Å². The van der Waals surface area contributed by atoms with Crippen molar-refractivity contribution in [3.8, 4) is 0 Å². The number of amidine groups is 1. The van der Waals surface area contributed by atoms with Gasteiger partial charge >= 0.3 is 146 Å². The van der Waals surface area contributed by atoms with Gasteiger partial charge in [0.25, 0.3) is 0 Å². The van der Waals surface area contributed by atoms with Crippen molar-refractivity contribution in [2.45, 2.75) is 40.0 Å². The minimum absolute atomic E-state index is 0.576. The van der Waals surface area contributed by atoms with Crippen molar-refractivity contribution in [1.82, 2.24) is 0 Å². The number of anilines is 2. The van der Waals surface area contributed by atoms with E-state index in [1.165, 1.54) is 11.3 Å². The standard InChI is InChI=1S/C17H25N3S.Co/c1-4-9-19(10-5-2)15-8-7-14(6-3)16(13-15)20-11-12-21-17(20)18;/h7-8,13,18H,4-6,9-10,12H2,1-3H3;. The minimum atomic E-state index is 0.576. The van der Waals surface area contributed by atoms with Crippen molar-refractivity contribution in [1.29, 1.82) is 5.41 Å². The zero-order chi connectivity index (χ0) is 16.1. The van der Waals surface area contributed by atoms with Crippen molar-refractivity contribution < 1.29 is 15.3 Å². The fourth-order valence-corrected chi connectivity index (χ4v) is 4.01. The summed E-state index contributed by atoms with van der Waals surface area (Å²) in [5, 5.41) is 8.77. The van der Waals surface area contributed by atoms with Gasteiger partial charge in [0, 0.05) is 0 Å². The average Bonchev–Trinajstić information content (AvgIpc) is 2.85. The van der Waals surface area contributed by atoms with Crippen LogP contribution in [0.15, 0.2) is 18.2 Å². The molecule has 3 nitrogen and oxygen atoms in total. The summed E-state index contributed by atoms with van der Waals surface area (Å²) in [6, 6.07) is 6.66. The molecule has 1 aromatic carbocycles. The van der Waals surface area contributed by atoms with Crippen molar-refractivity contribution in [2.24, 2.45) is 0 Å². The third-order valence-electron chi connectivity index (χ3n) is 3.80. The fraction of sp³-hybridized carbons (Fsp3) is 0.529. The van der Waals surface area contributed by atoms with Crippen LogP contribution in [0.2, 0.25) is 0 Å². The second kappa shape index (κ2) is 8.18. The molecule has 2 rings (SSSR count). The van der Waals surface area contributed by atoms with Crippen LogP contribution in [0, 0.1) is 5.41 Å². The van der Waals surface area contributed by atoms with Crippen LogP contribution >= 0.6 is 11.8 Å². The monoisotopic (exact) mass is 362 g/mol. The molecule has 22 heavy (non-hydrogen) atoms. The Morgan fingerprint density at radius 1 is 1.23 bits per heavy atom. The van der Waals surface area contributed by atoms with Crippen LogP contribution in [0.1, 0.15) is 39.2 Å². The van der Waals surface area contributed by atoms with Gasteiger partial charge in [0.15, 0.2) is 0 Å². The molecule has 0 bridgehead atoms. The van der Waals surface area contributed by atoms with Gasteiger partial charge in [-0.1, -0.05) is 0 Å². The molecule has 1 N–H and O–H groups in total. The van der Waals surface area contributed by atoms with Gasteiger partial charge in [-0.2, -0.15) is 0 Å². The van der Waals surface area contributed by atoms with Crippen LogP contribution < -0.4 is 9.80 Å². The molecule has 0 amide bonds. The maximum absolute atomic E-state index is 8.19. The van der Waals surface area contributed by atoms with E-state index >= 15 is 0 Å². The quantitative estimate of drug-likeness (QED) is 0.794. The molecule has 123 valence electrons. The Morgan fingerprint density at radius 2 is 1.91 bits per heavy atom. The van der Waals surface area contributed by atoms with Crippen LogP contribution in [0.3, 0.4) is 0 Å². The second-order valence-corrected chi connectivity index (χ2v) is 7.00. The van der Waals surface area contributed by atoms with E-state index in [1.807, 2.05) is 4.90 Å². The first-order valence-corrected chi connectivity index (χ1v) is 9.51. The molecule has 0 spiro atoms. The molecule has 1 heterocycles. The Hall–Kier alpha value is -0.784. The molecule has 0 atom stereocenters. The third kappa shape index (κ3) is 3.75. The Bertz CT molecular complexity index is 537. The first-order valence-electron chi connectivity index (χ1n) is 8.00. The predicted molar refractivity (Wildman–Crippen MR) is 96.3 cm³/mol. The van der Waals surface area contributed by atoms with E-state index in [2.05, 4.69) is 59.2 Å². The van der Waals surface area contributed by atoms with Gasteiger partial charge in [0.1, 0.15) is 0 Å². The Balaban J connectivity index is 2.41. The summed E-state index contributed by atoms with van der Waals surface area (Å²) >= 11 is 6.18. The molecule has 0 aromatic heterocycles. The molecule has 0 radical (unpaired) electrons. The molecule has 1 fully saturated rings. The van der Waals surface area contributed by atoms with E-state index in [4.69, 9.17) is 5.41 Å². The Labute approximate surface area is 146 Å². The number of thioether (sulfide) groups is 1. The van der Waals surface area contributed by atoms with E-state index in [0.717, 1.165) is 48.4 Å². The first-order chi connectivity index (χ1) is 10.6. The van der Waals surface area contributed by atoms with Crippen LogP contribution in [0.25, 0.3) is 0 Å². The topological polar surface area (TPSA) is 30.3 Å². The zero-order valence-corrected chi connectivity index (χ0v) is 15.5. The van der Waals surface area contributed by atoms with Gasteiger partial charge in [-0.05, 0) is 0 Å². The van der Waals surface area contributed by atoms with Gasteiger partial charge in [-0.3, -0.25) is 0 Å². The summed E-state index contributed by atoms with van der Waals surface area (Å²) < 4.78 is 0.951. The third-order valence-corrected chi connectivity index (χ3v) is 5.31. The summed E-state index contributed by atoms with van der Waals surface area (Å²) in [7, 11) is 0. The van der Waals surface area contributed by atoms with E-state index in [9.17, 15) is 0 Å². The predicted octanol–water partition coefficient (Wildman–Crippen LogP) is 4.04. The first kappa shape index (κ1) is 17.6. The normalized spacial score (nSPS) is 14.8. The summed E-state index contributed by atoms with van der Waals surface area (Å²) in [5.74, 6) is 0.792. The van der Waals surface area contributed by atoms with E-state index < -0.39 is 0 Å². The summed E-state index contributed by atoms with van der Waals surface area (Å²) in [5.41, 5.74) is 3.64. The SMILES string of the molecule is CCCN(CCC)c1ccc(CC)c(N2C(=N)SC[C]2=[Co])c1. The molecular weight excluding hydrogens is 337 g/mol. The molecule has 5 heteroatoms. The summed E-state index contributed by atoms with van der Waals surface area (Å²) in [6.07, 6.45) is 3.25. The van der Waals surface area contributed by atoms with Gasteiger partial charge < -0.3 is 0 Å². The molecule has 1 aliphatic rings. The van der Waals surface area contributed by atoms with Crippen LogP contribution in [-0.2, 0) is 21.7 Å². The van der Waals surface area contributed by atoms with E-state index in [-0.39, 0.29) is 0 Å². The number of nitrogens with zero attached hydrogens (tertiary/aromatic N) is 2. The van der Waals surface area contributed by atoms with Crippen LogP contribution in [-0.4, -0.2) is 28.6 Å². The van der Waals surface area contributed by atoms with Crippen molar-refractivity contribution in [2.75, 3.05) is 28.6 Å². The van der Waals surface area contributed by atoms with Crippen LogP contribution in [0.5, 0.6) is 0 Å². The molecule has 0 unspecified atom stereocenters. The number of rotatable bonds is 7. The van der Waals surface area contributed by atoms with E-state index in [1.54, 1.807) is 11.8 Å².